The number of hydrogen-bond acceptors (Lipinski definition) is 2. The smallest absolute Gasteiger partial charge is 0.135 e. The highest BCUT2D eigenvalue weighted by Gasteiger charge is 2.18. The van der Waals surface area contributed by atoms with Crippen molar-refractivity contribution in [2.75, 3.05) is 4.90 Å². The van der Waals surface area contributed by atoms with E-state index in [0.29, 0.717) is 0 Å². The molecule has 8 aromatic carbocycles. The molecule has 0 saturated heterocycles. The van der Waals surface area contributed by atoms with Crippen molar-refractivity contribution in [1.29, 1.82) is 0 Å². The van der Waals surface area contributed by atoms with Crippen LogP contribution in [0, 0.1) is 0 Å². The third-order valence-electron chi connectivity index (χ3n) is 9.27. The SMILES string of the molecule is c1ccc(-c2ccc(N(c3ccc(-c4ccc5ccccc5c4)cc3)c3ccccc3-c3ccc4oc5ccccc5c4c3)cc2)cc1. The number of hydrogen-bond donors (Lipinski definition) is 0. The van der Waals surface area contributed by atoms with Gasteiger partial charge in [-0.3, -0.25) is 0 Å². The third kappa shape index (κ3) is 5.01. The Kier molecular flexibility index (Phi) is 6.84. The first kappa shape index (κ1) is 27.9. The summed E-state index contributed by atoms with van der Waals surface area (Å²) in [4.78, 5) is 2.37. The first-order chi connectivity index (χ1) is 23.8. The second kappa shape index (κ2) is 11.8. The van der Waals surface area contributed by atoms with Crippen molar-refractivity contribution in [3.63, 3.8) is 0 Å². The van der Waals surface area contributed by atoms with Gasteiger partial charge in [0.15, 0.2) is 0 Å². The van der Waals surface area contributed by atoms with E-state index in [1.165, 1.54) is 33.0 Å². The monoisotopic (exact) mass is 613 g/mol. The van der Waals surface area contributed by atoms with E-state index in [-0.39, 0.29) is 0 Å². The van der Waals surface area contributed by atoms with Gasteiger partial charge in [-0.1, -0.05) is 133 Å². The minimum atomic E-state index is 0.898. The quantitative estimate of drug-likeness (QED) is 0.185. The van der Waals surface area contributed by atoms with Gasteiger partial charge in [-0.25, -0.2) is 0 Å². The molecule has 1 heterocycles. The van der Waals surface area contributed by atoms with Crippen molar-refractivity contribution in [3.05, 3.63) is 188 Å². The van der Waals surface area contributed by atoms with Crippen LogP contribution in [0.2, 0.25) is 0 Å². The van der Waals surface area contributed by atoms with Gasteiger partial charge in [0.2, 0.25) is 0 Å². The topological polar surface area (TPSA) is 16.4 Å². The molecule has 0 spiro atoms. The van der Waals surface area contributed by atoms with Gasteiger partial charge >= 0.3 is 0 Å². The molecule has 2 nitrogen and oxygen atoms in total. The maximum Gasteiger partial charge on any atom is 0.135 e. The Morgan fingerprint density at radius 2 is 0.896 bits per heavy atom. The first-order valence-corrected chi connectivity index (χ1v) is 16.3. The number of para-hydroxylation sites is 2. The van der Waals surface area contributed by atoms with E-state index in [2.05, 4.69) is 181 Å². The summed E-state index contributed by atoms with van der Waals surface area (Å²) in [6.07, 6.45) is 0. The fourth-order valence-corrected chi connectivity index (χ4v) is 6.84. The van der Waals surface area contributed by atoms with Gasteiger partial charge < -0.3 is 9.32 Å². The fraction of sp³-hybridized carbons (Fsp3) is 0. The molecule has 226 valence electrons. The molecule has 9 aromatic rings. The summed E-state index contributed by atoms with van der Waals surface area (Å²) >= 11 is 0. The number of furan rings is 1. The molecule has 0 fully saturated rings. The van der Waals surface area contributed by atoms with Crippen LogP contribution in [-0.2, 0) is 0 Å². The van der Waals surface area contributed by atoms with Gasteiger partial charge in [0.25, 0.3) is 0 Å². The number of fused-ring (bicyclic) bond motifs is 4. The average molecular weight is 614 g/mol. The molecule has 0 unspecified atom stereocenters. The molecule has 0 aliphatic rings. The third-order valence-corrected chi connectivity index (χ3v) is 9.27. The summed E-state index contributed by atoms with van der Waals surface area (Å²) in [6, 6.07) is 67.0. The number of nitrogens with zero attached hydrogens (tertiary/aromatic N) is 1. The van der Waals surface area contributed by atoms with Gasteiger partial charge in [-0.15, -0.1) is 0 Å². The van der Waals surface area contributed by atoms with Crippen LogP contribution < -0.4 is 4.90 Å². The van der Waals surface area contributed by atoms with Crippen LogP contribution in [0.1, 0.15) is 0 Å². The van der Waals surface area contributed by atoms with E-state index in [1.807, 2.05) is 12.1 Å². The molecule has 0 N–H and O–H groups in total. The Hall–Kier alpha value is -6.38. The van der Waals surface area contributed by atoms with Crippen molar-refractivity contribution in [2.45, 2.75) is 0 Å². The van der Waals surface area contributed by atoms with Crippen LogP contribution in [0.15, 0.2) is 192 Å². The van der Waals surface area contributed by atoms with Crippen molar-refractivity contribution in [2.24, 2.45) is 0 Å². The molecule has 9 rings (SSSR count). The Bertz CT molecular complexity index is 2540. The molecule has 2 heteroatoms. The largest absolute Gasteiger partial charge is 0.456 e. The summed E-state index contributed by atoms with van der Waals surface area (Å²) in [7, 11) is 0. The molecule has 48 heavy (non-hydrogen) atoms. The summed E-state index contributed by atoms with van der Waals surface area (Å²) in [6.45, 7) is 0. The molecule has 0 amide bonds. The summed E-state index contributed by atoms with van der Waals surface area (Å²) in [5.74, 6) is 0. The second-order valence-corrected chi connectivity index (χ2v) is 12.2. The summed E-state index contributed by atoms with van der Waals surface area (Å²) in [5.41, 5.74) is 12.2. The number of rotatable bonds is 6. The zero-order valence-electron chi connectivity index (χ0n) is 26.3. The van der Waals surface area contributed by atoms with E-state index in [4.69, 9.17) is 4.42 Å². The minimum absolute atomic E-state index is 0.898. The molecule has 0 bridgehead atoms. The molecule has 0 saturated carbocycles. The van der Waals surface area contributed by atoms with Crippen molar-refractivity contribution in [1.82, 2.24) is 0 Å². The molecular weight excluding hydrogens is 583 g/mol. The lowest BCUT2D eigenvalue weighted by atomic mass is 9.98. The van der Waals surface area contributed by atoms with Crippen LogP contribution in [-0.4, -0.2) is 0 Å². The van der Waals surface area contributed by atoms with Crippen LogP contribution in [0.3, 0.4) is 0 Å². The molecule has 0 radical (unpaired) electrons. The Morgan fingerprint density at radius 3 is 1.69 bits per heavy atom. The van der Waals surface area contributed by atoms with E-state index in [1.54, 1.807) is 0 Å². The highest BCUT2D eigenvalue weighted by atomic mass is 16.3. The van der Waals surface area contributed by atoms with Crippen molar-refractivity contribution >= 4 is 49.8 Å². The van der Waals surface area contributed by atoms with Gasteiger partial charge in [-0.2, -0.15) is 0 Å². The van der Waals surface area contributed by atoms with Crippen LogP contribution >= 0.6 is 0 Å². The Morgan fingerprint density at radius 1 is 0.333 bits per heavy atom. The zero-order valence-corrected chi connectivity index (χ0v) is 26.3. The van der Waals surface area contributed by atoms with E-state index in [0.717, 1.165) is 50.1 Å². The number of benzene rings is 8. The van der Waals surface area contributed by atoms with Gasteiger partial charge in [0.1, 0.15) is 11.2 Å². The molecule has 1 aromatic heterocycles. The van der Waals surface area contributed by atoms with Crippen LogP contribution in [0.5, 0.6) is 0 Å². The molecule has 0 atom stereocenters. The lowest BCUT2D eigenvalue weighted by Gasteiger charge is -2.28. The van der Waals surface area contributed by atoms with E-state index < -0.39 is 0 Å². The summed E-state index contributed by atoms with van der Waals surface area (Å²) in [5, 5.41) is 4.75. The van der Waals surface area contributed by atoms with Crippen molar-refractivity contribution in [3.8, 4) is 33.4 Å². The highest BCUT2D eigenvalue weighted by molar-refractivity contribution is 6.07. The first-order valence-electron chi connectivity index (χ1n) is 16.3. The number of anilines is 3. The minimum Gasteiger partial charge on any atom is -0.456 e. The van der Waals surface area contributed by atoms with Gasteiger partial charge in [0.05, 0.1) is 5.69 Å². The van der Waals surface area contributed by atoms with E-state index in [9.17, 15) is 0 Å². The highest BCUT2D eigenvalue weighted by Crippen LogP contribution is 2.43. The molecule has 0 aliphatic carbocycles. The average Bonchev–Trinajstić information content (AvgIpc) is 3.54. The lowest BCUT2D eigenvalue weighted by Crippen LogP contribution is -2.11. The second-order valence-electron chi connectivity index (χ2n) is 12.2. The van der Waals surface area contributed by atoms with Crippen LogP contribution in [0.25, 0.3) is 66.1 Å². The van der Waals surface area contributed by atoms with Gasteiger partial charge in [-0.05, 0) is 93.2 Å². The Labute approximate surface area is 279 Å². The standard InChI is InChI=1S/C46H31NO/c1-2-10-32(11-3-1)34-20-25-39(26-21-34)47(40-27-22-35(23-28-40)37-19-18-33-12-4-5-13-36(33)30-37)44-16-8-6-14-41(44)38-24-29-46-43(31-38)42-15-7-9-17-45(42)48-46/h1-31H. The van der Waals surface area contributed by atoms with Gasteiger partial charge in [0, 0.05) is 27.7 Å². The summed E-state index contributed by atoms with van der Waals surface area (Å²) < 4.78 is 6.17. The molecule has 0 aliphatic heterocycles. The predicted octanol–water partition coefficient (Wildman–Crippen LogP) is 13.2. The zero-order chi connectivity index (χ0) is 31.9. The molecular formula is C46H31NO. The normalized spacial score (nSPS) is 11.3. The van der Waals surface area contributed by atoms with Crippen molar-refractivity contribution < 1.29 is 4.42 Å². The lowest BCUT2D eigenvalue weighted by molar-refractivity contribution is 0.669. The van der Waals surface area contributed by atoms with E-state index >= 15 is 0 Å². The maximum absolute atomic E-state index is 6.17. The van der Waals surface area contributed by atoms with Crippen LogP contribution in [0.4, 0.5) is 17.1 Å². The maximum atomic E-state index is 6.17. The fourth-order valence-electron chi connectivity index (χ4n) is 6.84. The predicted molar refractivity (Wildman–Crippen MR) is 202 cm³/mol. The Balaban J connectivity index is 1.17.